The van der Waals surface area contributed by atoms with Crippen LogP contribution in [0, 0.1) is 0 Å². The first-order chi connectivity index (χ1) is 5.27. The summed E-state index contributed by atoms with van der Waals surface area (Å²) in [7, 11) is 0. The van der Waals surface area contributed by atoms with Crippen LogP contribution in [0.15, 0.2) is 0 Å². The molecule has 0 aromatic carbocycles. The number of hydrogen-bond donors (Lipinski definition) is 0. The second-order valence-electron chi connectivity index (χ2n) is 2.95. The van der Waals surface area contributed by atoms with E-state index in [1.807, 2.05) is 0 Å². The number of halogens is 2. The molecular formula is C8H17AlCl2. The molecule has 3 heteroatoms. The van der Waals surface area contributed by atoms with Crippen LogP contribution in [-0.4, -0.2) is 20.1 Å². The minimum Gasteiger partial charge on any atom is -0.107 e. The summed E-state index contributed by atoms with van der Waals surface area (Å²) in [6.45, 7) is 2.24. The van der Waals surface area contributed by atoms with Crippen molar-refractivity contribution in [2.75, 3.05) is 0 Å². The standard InChI is InChI=1S/C6H13.C2H3Cl2.Al.H/c1-3-5-6-4-2;1-2(3)4;;/h1,3-6H2,2H3;2H,1H2;;. The first-order valence-corrected chi connectivity index (χ1v) is 7.42. The summed E-state index contributed by atoms with van der Waals surface area (Å²) in [6.07, 6.45) is 5.52. The summed E-state index contributed by atoms with van der Waals surface area (Å²) in [5, 5.41) is 2.52. The highest BCUT2D eigenvalue weighted by Gasteiger charge is 2.00. The third kappa shape index (κ3) is 11.1. The molecule has 0 heterocycles. The Bertz CT molecular complexity index is 76.5. The van der Waals surface area contributed by atoms with Gasteiger partial charge in [-0.3, -0.25) is 0 Å². The highest BCUT2D eigenvalue weighted by atomic mass is 35.5. The molecule has 11 heavy (non-hydrogen) atoms. The fourth-order valence-corrected chi connectivity index (χ4v) is 3.31. The van der Waals surface area contributed by atoms with Gasteiger partial charge in [0.05, 0.1) is 4.84 Å². The van der Waals surface area contributed by atoms with Crippen molar-refractivity contribution in [2.24, 2.45) is 0 Å². The molecule has 0 aliphatic rings. The average Bonchev–Trinajstić information content (AvgIpc) is 1.96. The molecule has 66 valence electrons. The number of hydrogen-bond acceptors (Lipinski definition) is 0. The lowest BCUT2D eigenvalue weighted by Gasteiger charge is -1.98. The highest BCUT2D eigenvalue weighted by molar-refractivity contribution is 6.49. The summed E-state index contributed by atoms with van der Waals surface area (Å²) in [4.78, 5) is -0.0900. The maximum Gasteiger partial charge on any atom is 0.241 e. The van der Waals surface area contributed by atoms with Gasteiger partial charge in [0.2, 0.25) is 15.2 Å². The molecular weight excluding hydrogens is 194 g/mol. The van der Waals surface area contributed by atoms with E-state index in [2.05, 4.69) is 6.92 Å². The Kier molecular flexibility index (Phi) is 10.1. The lowest BCUT2D eigenvalue weighted by atomic mass is 10.2. The Labute approximate surface area is 86.4 Å². The Balaban J connectivity index is 2.80. The van der Waals surface area contributed by atoms with Crippen molar-refractivity contribution in [1.82, 2.24) is 0 Å². The molecule has 0 unspecified atom stereocenters. The zero-order valence-corrected chi connectivity index (χ0v) is 10.2. The molecule has 0 aromatic heterocycles. The van der Waals surface area contributed by atoms with Crippen molar-refractivity contribution in [2.45, 2.75) is 48.0 Å². The minimum absolute atomic E-state index is 0.0720. The van der Waals surface area contributed by atoms with Gasteiger partial charge in [0.1, 0.15) is 0 Å². The van der Waals surface area contributed by atoms with Crippen LogP contribution >= 0.6 is 23.2 Å². The SMILES string of the molecule is CCCCC[CH2][AlH][CH2]C(Cl)Cl. The van der Waals surface area contributed by atoms with Crippen LogP contribution in [0.25, 0.3) is 0 Å². The van der Waals surface area contributed by atoms with Gasteiger partial charge in [-0.1, -0.05) is 43.2 Å². The van der Waals surface area contributed by atoms with Crippen LogP contribution in [-0.2, 0) is 0 Å². The lowest BCUT2D eigenvalue weighted by molar-refractivity contribution is 0.700. The van der Waals surface area contributed by atoms with Gasteiger partial charge in [-0.05, 0) is 0 Å². The van der Waals surface area contributed by atoms with E-state index in [9.17, 15) is 0 Å². The summed E-state index contributed by atoms with van der Waals surface area (Å²) in [6, 6.07) is 0. The van der Waals surface area contributed by atoms with Crippen molar-refractivity contribution in [1.29, 1.82) is 0 Å². The van der Waals surface area contributed by atoms with Gasteiger partial charge in [0.25, 0.3) is 0 Å². The van der Waals surface area contributed by atoms with Crippen molar-refractivity contribution in [3.05, 3.63) is 0 Å². The molecule has 0 aliphatic carbocycles. The number of alkyl halides is 2. The third-order valence-corrected chi connectivity index (χ3v) is 4.93. The normalized spacial score (nSPS) is 10.5. The predicted octanol–water partition coefficient (Wildman–Crippen LogP) is 3.64. The monoisotopic (exact) mass is 210 g/mol. The molecule has 0 amide bonds. The second kappa shape index (κ2) is 9.20. The molecule has 0 atom stereocenters. The van der Waals surface area contributed by atoms with Crippen molar-refractivity contribution in [3.63, 3.8) is 0 Å². The molecule has 0 bridgehead atoms. The highest BCUT2D eigenvalue weighted by Crippen LogP contribution is 2.09. The Morgan fingerprint density at radius 3 is 2.45 bits per heavy atom. The van der Waals surface area contributed by atoms with Gasteiger partial charge in [-0.25, -0.2) is 0 Å². The van der Waals surface area contributed by atoms with Gasteiger partial charge >= 0.3 is 0 Å². The molecule has 0 saturated carbocycles. The molecule has 0 nitrogen and oxygen atoms in total. The van der Waals surface area contributed by atoms with Gasteiger partial charge in [-0.2, -0.15) is 0 Å². The summed E-state index contributed by atoms with van der Waals surface area (Å²) in [5.41, 5.74) is 0. The zero-order valence-electron chi connectivity index (χ0n) is 7.28. The Morgan fingerprint density at radius 1 is 1.18 bits per heavy atom. The van der Waals surface area contributed by atoms with E-state index >= 15 is 0 Å². The fraction of sp³-hybridized carbons (Fsp3) is 1.00. The third-order valence-electron chi connectivity index (χ3n) is 1.78. The topological polar surface area (TPSA) is 0 Å². The smallest absolute Gasteiger partial charge is 0.107 e. The second-order valence-corrected chi connectivity index (χ2v) is 6.22. The lowest BCUT2D eigenvalue weighted by Crippen LogP contribution is -1.95. The van der Waals surface area contributed by atoms with Gasteiger partial charge < -0.3 is 0 Å². The van der Waals surface area contributed by atoms with Crippen LogP contribution in [0.5, 0.6) is 0 Å². The molecule has 0 spiro atoms. The van der Waals surface area contributed by atoms with Crippen LogP contribution in [0.2, 0.25) is 10.6 Å². The Morgan fingerprint density at radius 2 is 1.91 bits per heavy atom. The zero-order chi connectivity index (χ0) is 8.53. The van der Waals surface area contributed by atoms with E-state index in [0.717, 1.165) is 5.28 Å². The summed E-state index contributed by atoms with van der Waals surface area (Å²) in [5.74, 6) is 0. The first-order valence-electron chi connectivity index (χ1n) is 4.55. The van der Waals surface area contributed by atoms with E-state index in [1.165, 1.54) is 31.0 Å². The van der Waals surface area contributed by atoms with Crippen molar-refractivity contribution < 1.29 is 0 Å². The van der Waals surface area contributed by atoms with Crippen LogP contribution in [0.4, 0.5) is 0 Å². The van der Waals surface area contributed by atoms with Crippen LogP contribution in [0.1, 0.15) is 32.6 Å². The Hall–Kier alpha value is 1.11. The van der Waals surface area contributed by atoms with Crippen LogP contribution in [0.3, 0.4) is 0 Å². The maximum absolute atomic E-state index is 5.62. The van der Waals surface area contributed by atoms with Crippen LogP contribution < -0.4 is 0 Å². The molecule has 0 saturated heterocycles. The van der Waals surface area contributed by atoms with Crippen molar-refractivity contribution in [3.8, 4) is 0 Å². The molecule has 0 aliphatic heterocycles. The van der Waals surface area contributed by atoms with E-state index in [0.29, 0.717) is 0 Å². The maximum atomic E-state index is 5.62. The van der Waals surface area contributed by atoms with Crippen molar-refractivity contribution >= 4 is 38.4 Å². The van der Waals surface area contributed by atoms with Gasteiger partial charge in [0, 0.05) is 0 Å². The van der Waals surface area contributed by atoms with E-state index in [-0.39, 0.29) is 20.1 Å². The summed E-state index contributed by atoms with van der Waals surface area (Å²) >= 11 is 11.3. The van der Waals surface area contributed by atoms with Gasteiger partial charge in [-0.15, -0.1) is 23.2 Å². The average molecular weight is 211 g/mol. The quantitative estimate of drug-likeness (QED) is 0.342. The molecule has 0 rings (SSSR count). The van der Waals surface area contributed by atoms with E-state index < -0.39 is 0 Å². The minimum atomic E-state index is -0.0900. The first kappa shape index (κ1) is 12.1. The van der Waals surface area contributed by atoms with Gasteiger partial charge in [0.15, 0.2) is 0 Å². The van der Waals surface area contributed by atoms with E-state index in [4.69, 9.17) is 23.2 Å². The molecule has 0 radical (unpaired) electrons. The molecule has 0 aromatic rings. The predicted molar refractivity (Wildman–Crippen MR) is 56.4 cm³/mol. The van der Waals surface area contributed by atoms with E-state index in [1.54, 1.807) is 0 Å². The molecule has 0 N–H and O–H groups in total. The largest absolute Gasteiger partial charge is 0.241 e. The summed E-state index contributed by atoms with van der Waals surface area (Å²) < 4.78 is 0. The fourth-order valence-electron chi connectivity index (χ4n) is 1.08. The number of rotatable bonds is 7. The number of unbranched alkanes of at least 4 members (excludes halogenated alkanes) is 3. The molecule has 0 fully saturated rings.